The van der Waals surface area contributed by atoms with E-state index in [0.29, 0.717) is 0 Å². The maximum absolute atomic E-state index is 12.8. The second-order valence-electron chi connectivity index (χ2n) is 8.01. The first-order chi connectivity index (χ1) is 14.6. The van der Waals surface area contributed by atoms with Crippen molar-refractivity contribution >= 4 is 17.4 Å². The Bertz CT molecular complexity index is 1240. The van der Waals surface area contributed by atoms with Gasteiger partial charge in [0.1, 0.15) is 0 Å². The molecule has 2 heterocycles. The molecule has 0 saturated heterocycles. The van der Waals surface area contributed by atoms with Crippen LogP contribution in [0.3, 0.4) is 0 Å². The standard InChI is InChI=1S/C24H23N5O/c1-15(2)22(23-28-27-21-9-5-6-12-29(21)23)26-24(30)25-18-10-11-20-17(14-18)13-16-7-3-4-8-19(16)20/h3-12,14-15,22H,13H2,1-2H3,(H2,25,26,30). The molecule has 2 amide bonds. The number of aromatic nitrogens is 3. The maximum Gasteiger partial charge on any atom is 0.319 e. The van der Waals surface area contributed by atoms with Crippen LogP contribution < -0.4 is 10.6 Å². The predicted octanol–water partition coefficient (Wildman–Crippen LogP) is 4.82. The average Bonchev–Trinajstić information content (AvgIpc) is 3.33. The zero-order valence-corrected chi connectivity index (χ0v) is 17.0. The molecule has 0 bridgehead atoms. The lowest BCUT2D eigenvalue weighted by atomic mass is 10.0. The molecule has 6 nitrogen and oxygen atoms in total. The molecule has 2 aromatic carbocycles. The zero-order chi connectivity index (χ0) is 20.7. The number of benzene rings is 2. The first-order valence-corrected chi connectivity index (χ1v) is 10.2. The van der Waals surface area contributed by atoms with Gasteiger partial charge in [-0.15, -0.1) is 10.2 Å². The van der Waals surface area contributed by atoms with Crippen LogP contribution in [0.4, 0.5) is 10.5 Å². The number of nitrogens with zero attached hydrogens (tertiary/aromatic N) is 3. The third-order valence-electron chi connectivity index (χ3n) is 5.62. The highest BCUT2D eigenvalue weighted by atomic mass is 16.2. The fourth-order valence-electron chi connectivity index (χ4n) is 4.13. The van der Waals surface area contributed by atoms with Crippen molar-refractivity contribution in [3.05, 3.63) is 83.8 Å². The van der Waals surface area contributed by atoms with Crippen molar-refractivity contribution in [3.63, 3.8) is 0 Å². The van der Waals surface area contributed by atoms with E-state index in [2.05, 4.69) is 71.1 Å². The van der Waals surface area contributed by atoms with Gasteiger partial charge in [-0.05, 0) is 58.9 Å². The Morgan fingerprint density at radius 2 is 1.77 bits per heavy atom. The zero-order valence-electron chi connectivity index (χ0n) is 17.0. The second-order valence-corrected chi connectivity index (χ2v) is 8.01. The third-order valence-corrected chi connectivity index (χ3v) is 5.62. The summed E-state index contributed by atoms with van der Waals surface area (Å²) >= 11 is 0. The quantitative estimate of drug-likeness (QED) is 0.457. The molecule has 5 rings (SSSR count). The minimum Gasteiger partial charge on any atom is -0.328 e. The lowest BCUT2D eigenvalue weighted by molar-refractivity contribution is 0.243. The van der Waals surface area contributed by atoms with Crippen LogP contribution in [0.15, 0.2) is 66.9 Å². The summed E-state index contributed by atoms with van der Waals surface area (Å²) in [5.74, 6) is 0.873. The minimum atomic E-state index is -0.263. The molecule has 0 radical (unpaired) electrons. The van der Waals surface area contributed by atoms with Gasteiger partial charge in [0, 0.05) is 11.9 Å². The molecule has 6 heteroatoms. The Balaban J connectivity index is 1.35. The van der Waals surface area contributed by atoms with Crippen LogP contribution in [0.25, 0.3) is 16.8 Å². The maximum atomic E-state index is 12.8. The van der Waals surface area contributed by atoms with E-state index < -0.39 is 0 Å². The number of pyridine rings is 1. The van der Waals surface area contributed by atoms with Gasteiger partial charge >= 0.3 is 6.03 Å². The normalized spacial score (nSPS) is 13.2. The Hall–Kier alpha value is -3.67. The van der Waals surface area contributed by atoms with Gasteiger partial charge < -0.3 is 10.6 Å². The number of carbonyl (C=O) groups excluding carboxylic acids is 1. The van der Waals surface area contributed by atoms with Crippen LogP contribution >= 0.6 is 0 Å². The van der Waals surface area contributed by atoms with Gasteiger partial charge in [-0.3, -0.25) is 4.40 Å². The van der Waals surface area contributed by atoms with Crippen molar-refractivity contribution in [2.75, 3.05) is 5.32 Å². The van der Waals surface area contributed by atoms with E-state index in [0.717, 1.165) is 23.6 Å². The summed E-state index contributed by atoms with van der Waals surface area (Å²) in [4.78, 5) is 12.8. The molecule has 1 unspecified atom stereocenters. The monoisotopic (exact) mass is 397 g/mol. The SMILES string of the molecule is CC(C)C(NC(=O)Nc1ccc2c(c1)Cc1ccccc1-2)c1nnc2ccccn12. The van der Waals surface area contributed by atoms with Crippen molar-refractivity contribution < 1.29 is 4.79 Å². The van der Waals surface area contributed by atoms with E-state index >= 15 is 0 Å². The largest absolute Gasteiger partial charge is 0.328 e. The molecule has 2 aromatic heterocycles. The number of hydrogen-bond acceptors (Lipinski definition) is 3. The first-order valence-electron chi connectivity index (χ1n) is 10.2. The number of fused-ring (bicyclic) bond motifs is 4. The van der Waals surface area contributed by atoms with Crippen molar-refractivity contribution in [1.82, 2.24) is 19.9 Å². The Labute approximate surface area is 175 Å². The second kappa shape index (κ2) is 7.30. The molecule has 30 heavy (non-hydrogen) atoms. The van der Waals surface area contributed by atoms with Crippen molar-refractivity contribution in [3.8, 4) is 11.1 Å². The van der Waals surface area contributed by atoms with Crippen molar-refractivity contribution in [2.24, 2.45) is 5.92 Å². The number of rotatable bonds is 4. The van der Waals surface area contributed by atoms with Crippen LogP contribution in [-0.2, 0) is 6.42 Å². The molecule has 0 saturated carbocycles. The van der Waals surface area contributed by atoms with Crippen LogP contribution in [0.2, 0.25) is 0 Å². The smallest absolute Gasteiger partial charge is 0.319 e. The number of anilines is 1. The Morgan fingerprint density at radius 3 is 2.63 bits per heavy atom. The van der Waals surface area contributed by atoms with E-state index in [1.165, 1.54) is 22.3 Å². The number of hydrogen-bond donors (Lipinski definition) is 2. The van der Waals surface area contributed by atoms with Gasteiger partial charge in [-0.25, -0.2) is 4.79 Å². The van der Waals surface area contributed by atoms with Gasteiger partial charge in [-0.2, -0.15) is 0 Å². The molecule has 2 N–H and O–H groups in total. The van der Waals surface area contributed by atoms with Gasteiger partial charge in [0.05, 0.1) is 6.04 Å². The van der Waals surface area contributed by atoms with Crippen LogP contribution in [0.5, 0.6) is 0 Å². The summed E-state index contributed by atoms with van der Waals surface area (Å²) in [7, 11) is 0. The summed E-state index contributed by atoms with van der Waals surface area (Å²) in [5.41, 5.74) is 6.63. The summed E-state index contributed by atoms with van der Waals surface area (Å²) in [6.45, 7) is 4.11. The fourth-order valence-corrected chi connectivity index (χ4v) is 4.13. The number of urea groups is 1. The van der Waals surface area contributed by atoms with Crippen LogP contribution in [-0.4, -0.2) is 20.6 Å². The Kier molecular flexibility index (Phi) is 4.47. The molecule has 0 fully saturated rings. The van der Waals surface area contributed by atoms with E-state index in [4.69, 9.17) is 0 Å². The summed E-state index contributed by atoms with van der Waals surface area (Å²) in [5, 5.41) is 14.6. The molecular formula is C24H23N5O. The predicted molar refractivity (Wildman–Crippen MR) is 117 cm³/mol. The fraction of sp³-hybridized carbons (Fsp3) is 0.208. The number of amides is 2. The molecule has 0 spiro atoms. The lowest BCUT2D eigenvalue weighted by Crippen LogP contribution is -2.36. The molecule has 1 aliphatic carbocycles. The van der Waals surface area contributed by atoms with Gasteiger partial charge in [0.15, 0.2) is 11.5 Å². The molecule has 150 valence electrons. The molecule has 4 aromatic rings. The number of nitrogens with one attached hydrogen (secondary N) is 2. The first kappa shape index (κ1) is 18.4. The van der Waals surface area contributed by atoms with E-state index in [1.807, 2.05) is 34.9 Å². The highest BCUT2D eigenvalue weighted by molar-refractivity contribution is 5.90. The average molecular weight is 397 g/mol. The third kappa shape index (κ3) is 3.20. The van der Waals surface area contributed by atoms with Gasteiger partial charge in [-0.1, -0.05) is 50.2 Å². The van der Waals surface area contributed by atoms with Gasteiger partial charge in [0.25, 0.3) is 0 Å². The molecule has 1 atom stereocenters. The molecule has 1 aliphatic rings. The van der Waals surface area contributed by atoms with Crippen molar-refractivity contribution in [1.29, 1.82) is 0 Å². The molecule has 0 aliphatic heterocycles. The van der Waals surface area contributed by atoms with Gasteiger partial charge in [0.2, 0.25) is 0 Å². The lowest BCUT2D eigenvalue weighted by Gasteiger charge is -2.21. The van der Waals surface area contributed by atoms with E-state index in [-0.39, 0.29) is 18.0 Å². The summed E-state index contributed by atoms with van der Waals surface area (Å²) in [6.07, 6.45) is 2.81. The highest BCUT2D eigenvalue weighted by Crippen LogP contribution is 2.37. The highest BCUT2D eigenvalue weighted by Gasteiger charge is 2.24. The summed E-state index contributed by atoms with van der Waals surface area (Å²) in [6, 6.07) is 19.8. The molecular weight excluding hydrogens is 374 g/mol. The topological polar surface area (TPSA) is 71.3 Å². The minimum absolute atomic E-state index is 0.151. The summed E-state index contributed by atoms with van der Waals surface area (Å²) < 4.78 is 1.91. The van der Waals surface area contributed by atoms with Crippen LogP contribution in [0, 0.1) is 5.92 Å². The number of carbonyl (C=O) groups is 1. The van der Waals surface area contributed by atoms with E-state index in [1.54, 1.807) is 0 Å². The van der Waals surface area contributed by atoms with E-state index in [9.17, 15) is 4.79 Å². The van der Waals surface area contributed by atoms with Crippen molar-refractivity contribution in [2.45, 2.75) is 26.3 Å². The Morgan fingerprint density at radius 1 is 0.967 bits per heavy atom. The van der Waals surface area contributed by atoms with Crippen LogP contribution in [0.1, 0.15) is 36.8 Å².